The number of carbonyl (C=O) groups is 1. The minimum atomic E-state index is -0.350. The third kappa shape index (κ3) is 6.05. The molecule has 1 aliphatic carbocycles. The van der Waals surface area contributed by atoms with Crippen molar-refractivity contribution < 1.29 is 28.5 Å². The molecule has 4 rings (SSSR count). The molecule has 0 radical (unpaired) electrons. The highest BCUT2D eigenvalue weighted by Gasteiger charge is 2.44. The maximum atomic E-state index is 12.0. The molecular weight excluding hydrogens is 454 g/mol. The molecular formula is C26H33NO6S. The van der Waals surface area contributed by atoms with Gasteiger partial charge in [0, 0.05) is 41.9 Å². The summed E-state index contributed by atoms with van der Waals surface area (Å²) in [5, 5.41) is -0.350. The molecule has 0 saturated heterocycles. The molecule has 8 heteroatoms. The van der Waals surface area contributed by atoms with Crippen LogP contribution < -0.4 is 4.74 Å². The van der Waals surface area contributed by atoms with Gasteiger partial charge in [0.05, 0.1) is 40.1 Å². The second-order valence-electron chi connectivity index (χ2n) is 8.56. The smallest absolute Gasteiger partial charge is 0.323 e. The van der Waals surface area contributed by atoms with Crippen molar-refractivity contribution in [3.05, 3.63) is 64.5 Å². The Morgan fingerprint density at radius 1 is 1.06 bits per heavy atom. The molecule has 2 heterocycles. The van der Waals surface area contributed by atoms with Crippen LogP contribution in [-0.2, 0) is 29.2 Å². The molecule has 0 N–H and O–H groups in total. The van der Waals surface area contributed by atoms with Gasteiger partial charge >= 0.3 is 5.97 Å². The molecule has 0 spiro atoms. The van der Waals surface area contributed by atoms with Crippen molar-refractivity contribution in [1.82, 2.24) is 4.90 Å². The van der Waals surface area contributed by atoms with Crippen molar-refractivity contribution in [3.63, 3.8) is 0 Å². The Hall–Kier alpha value is -2.26. The lowest BCUT2D eigenvalue weighted by Crippen LogP contribution is -2.18. The number of allylic oxidation sites excluding steroid dienone is 1. The van der Waals surface area contributed by atoms with Gasteiger partial charge in [-0.1, -0.05) is 12.1 Å². The SMILES string of the molecule is CCOCCOCCOCC1(c2ccc(OC3=CN(C)C=C4SC(C(=O)OC)C=C34)cc2)CC1. The number of carbonyl (C=O) groups excluding carboxylic acids is 1. The number of benzene rings is 1. The van der Waals surface area contributed by atoms with Crippen LogP contribution >= 0.6 is 11.8 Å². The van der Waals surface area contributed by atoms with Crippen LogP contribution in [-0.4, -0.2) is 69.9 Å². The lowest BCUT2D eigenvalue weighted by molar-refractivity contribution is -0.139. The number of thioether (sulfide) groups is 1. The quantitative estimate of drug-likeness (QED) is 0.306. The maximum Gasteiger partial charge on any atom is 0.323 e. The number of rotatable bonds is 13. The molecule has 1 saturated carbocycles. The highest BCUT2D eigenvalue weighted by Crippen LogP contribution is 2.49. The predicted octanol–water partition coefficient (Wildman–Crippen LogP) is 4.01. The first kappa shape index (κ1) is 24.9. The van der Waals surface area contributed by atoms with Crippen LogP contribution in [0.3, 0.4) is 0 Å². The molecule has 184 valence electrons. The number of methoxy groups -OCH3 is 1. The van der Waals surface area contributed by atoms with Crippen molar-refractivity contribution in [1.29, 1.82) is 0 Å². The van der Waals surface area contributed by atoms with Gasteiger partial charge in [-0.25, -0.2) is 0 Å². The molecule has 1 aromatic rings. The largest absolute Gasteiger partial charge is 0.468 e. The van der Waals surface area contributed by atoms with Crippen LogP contribution in [0.4, 0.5) is 0 Å². The van der Waals surface area contributed by atoms with E-state index in [4.69, 9.17) is 23.7 Å². The van der Waals surface area contributed by atoms with Gasteiger partial charge in [0.25, 0.3) is 0 Å². The van der Waals surface area contributed by atoms with E-state index >= 15 is 0 Å². The summed E-state index contributed by atoms with van der Waals surface area (Å²) in [7, 11) is 3.36. The van der Waals surface area contributed by atoms with Crippen LogP contribution in [0, 0.1) is 0 Å². The average molecular weight is 488 g/mol. The van der Waals surface area contributed by atoms with Gasteiger partial charge < -0.3 is 28.6 Å². The van der Waals surface area contributed by atoms with Crippen molar-refractivity contribution in [3.8, 4) is 5.75 Å². The Labute approximate surface area is 205 Å². The van der Waals surface area contributed by atoms with Crippen molar-refractivity contribution in [2.24, 2.45) is 0 Å². The van der Waals surface area contributed by atoms with Gasteiger partial charge in [-0.05, 0) is 43.5 Å². The summed E-state index contributed by atoms with van der Waals surface area (Å²) in [4.78, 5) is 14.9. The predicted molar refractivity (Wildman–Crippen MR) is 132 cm³/mol. The minimum Gasteiger partial charge on any atom is -0.468 e. The second-order valence-corrected chi connectivity index (χ2v) is 9.75. The van der Waals surface area contributed by atoms with Crippen molar-refractivity contribution in [2.45, 2.75) is 30.4 Å². The topological polar surface area (TPSA) is 66.5 Å². The Morgan fingerprint density at radius 2 is 1.76 bits per heavy atom. The van der Waals surface area contributed by atoms with E-state index in [2.05, 4.69) is 12.1 Å². The number of hydrogen-bond donors (Lipinski definition) is 0. The van der Waals surface area contributed by atoms with E-state index in [1.165, 1.54) is 24.4 Å². The van der Waals surface area contributed by atoms with Crippen LogP contribution in [0.1, 0.15) is 25.3 Å². The fourth-order valence-corrected chi connectivity index (χ4v) is 5.17. The van der Waals surface area contributed by atoms with E-state index < -0.39 is 0 Å². The summed E-state index contributed by atoms with van der Waals surface area (Å²) in [6.07, 6.45) is 8.09. The number of nitrogens with zero attached hydrogens (tertiary/aromatic N) is 1. The third-order valence-electron chi connectivity index (χ3n) is 6.05. The monoisotopic (exact) mass is 487 g/mol. The molecule has 1 atom stereocenters. The van der Waals surface area contributed by atoms with E-state index in [0.717, 1.165) is 34.8 Å². The highest BCUT2D eigenvalue weighted by molar-refractivity contribution is 8.05. The summed E-state index contributed by atoms with van der Waals surface area (Å²) in [5.41, 5.74) is 2.30. The number of hydrogen-bond acceptors (Lipinski definition) is 8. The Bertz CT molecular complexity index is 951. The lowest BCUT2D eigenvalue weighted by atomic mass is 9.97. The molecule has 0 bridgehead atoms. The standard InChI is InChI=1S/C26H33NO6S/c1-4-30-11-12-31-13-14-32-18-26(9-10-26)19-5-7-20(8-6-19)33-22-16-27(2)17-24-21(22)15-23(34-24)25(28)29-3/h5-8,15-17,23H,4,9-14,18H2,1-3H3. The zero-order valence-corrected chi connectivity index (χ0v) is 20.9. The summed E-state index contributed by atoms with van der Waals surface area (Å²) in [6, 6.07) is 8.27. The minimum absolute atomic E-state index is 0.0996. The van der Waals surface area contributed by atoms with Crippen LogP contribution in [0.25, 0.3) is 0 Å². The summed E-state index contributed by atoms with van der Waals surface area (Å²) < 4.78 is 27.8. The molecule has 34 heavy (non-hydrogen) atoms. The van der Waals surface area contributed by atoms with Crippen molar-refractivity contribution in [2.75, 3.05) is 53.8 Å². The first-order chi connectivity index (χ1) is 16.5. The maximum absolute atomic E-state index is 12.0. The van der Waals surface area contributed by atoms with E-state index in [-0.39, 0.29) is 16.6 Å². The Balaban J connectivity index is 1.30. The van der Waals surface area contributed by atoms with E-state index in [1.807, 2.05) is 49.5 Å². The molecule has 7 nitrogen and oxygen atoms in total. The van der Waals surface area contributed by atoms with Gasteiger partial charge in [0.2, 0.25) is 0 Å². The molecule has 1 fully saturated rings. The first-order valence-electron chi connectivity index (χ1n) is 11.7. The van der Waals surface area contributed by atoms with E-state index in [0.29, 0.717) is 39.6 Å². The Kier molecular flexibility index (Phi) is 8.37. The second kappa shape index (κ2) is 11.4. The zero-order valence-electron chi connectivity index (χ0n) is 20.1. The third-order valence-corrected chi connectivity index (χ3v) is 7.21. The zero-order chi connectivity index (χ0) is 24.0. The fourth-order valence-electron chi connectivity index (χ4n) is 3.98. The number of ether oxygens (including phenoxy) is 5. The van der Waals surface area contributed by atoms with E-state index in [1.54, 1.807) is 0 Å². The van der Waals surface area contributed by atoms with Crippen LogP contribution in [0.15, 0.2) is 59.0 Å². The normalized spacial score (nSPS) is 20.3. The molecule has 2 aliphatic heterocycles. The first-order valence-corrected chi connectivity index (χ1v) is 12.6. The number of fused-ring (bicyclic) bond motifs is 1. The molecule has 1 aromatic carbocycles. The van der Waals surface area contributed by atoms with Crippen LogP contribution in [0.5, 0.6) is 5.75 Å². The molecule has 0 aromatic heterocycles. The van der Waals surface area contributed by atoms with E-state index in [9.17, 15) is 4.79 Å². The average Bonchev–Trinajstić information content (AvgIpc) is 3.51. The molecule has 1 unspecified atom stereocenters. The fraction of sp³-hybridized carbons (Fsp3) is 0.500. The highest BCUT2D eigenvalue weighted by atomic mass is 32.2. The van der Waals surface area contributed by atoms with Gasteiger partial charge in [-0.15, -0.1) is 11.8 Å². The van der Waals surface area contributed by atoms with Gasteiger partial charge in [-0.2, -0.15) is 0 Å². The summed E-state index contributed by atoms with van der Waals surface area (Å²) in [5.74, 6) is 1.23. The van der Waals surface area contributed by atoms with Gasteiger partial charge in [-0.3, -0.25) is 4.79 Å². The Morgan fingerprint density at radius 3 is 2.44 bits per heavy atom. The van der Waals surface area contributed by atoms with Gasteiger partial charge in [0.1, 0.15) is 11.0 Å². The molecule has 3 aliphatic rings. The molecule has 0 amide bonds. The number of esters is 1. The van der Waals surface area contributed by atoms with Crippen LogP contribution in [0.2, 0.25) is 0 Å². The van der Waals surface area contributed by atoms with Crippen molar-refractivity contribution >= 4 is 17.7 Å². The summed E-state index contributed by atoms with van der Waals surface area (Å²) >= 11 is 1.48. The van der Waals surface area contributed by atoms with Gasteiger partial charge in [0.15, 0.2) is 5.76 Å². The lowest BCUT2D eigenvalue weighted by Gasteiger charge is -2.22. The summed E-state index contributed by atoms with van der Waals surface area (Å²) in [6.45, 7) is 5.79.